The van der Waals surface area contributed by atoms with Gasteiger partial charge >= 0.3 is 0 Å². The van der Waals surface area contributed by atoms with Gasteiger partial charge in [0, 0.05) is 26.6 Å². The van der Waals surface area contributed by atoms with Gasteiger partial charge < -0.3 is 15.1 Å². The summed E-state index contributed by atoms with van der Waals surface area (Å²) in [6.07, 6.45) is 4.90. The molecule has 2 aliphatic rings. The largest absolute Gasteiger partial charge is 0.361 e. The van der Waals surface area contributed by atoms with Gasteiger partial charge in [0.2, 0.25) is 5.91 Å². The van der Waals surface area contributed by atoms with Crippen molar-refractivity contribution in [3.05, 3.63) is 23.8 Å². The fourth-order valence-electron chi connectivity index (χ4n) is 3.85. The van der Waals surface area contributed by atoms with Crippen molar-refractivity contribution in [1.82, 2.24) is 10.2 Å². The summed E-state index contributed by atoms with van der Waals surface area (Å²) in [5, 5.41) is 3.49. The van der Waals surface area contributed by atoms with Crippen LogP contribution in [0, 0.1) is 5.41 Å². The molecule has 0 radical (unpaired) electrons. The number of fused-ring (bicyclic) bond motifs is 1. The van der Waals surface area contributed by atoms with Crippen molar-refractivity contribution in [1.29, 1.82) is 0 Å². The summed E-state index contributed by atoms with van der Waals surface area (Å²) in [5.74, 6) is 0.924. The molecule has 1 amide bonds. The van der Waals surface area contributed by atoms with Crippen LogP contribution in [0.25, 0.3) is 0 Å². The highest BCUT2D eigenvalue weighted by Crippen LogP contribution is 2.31. The van der Waals surface area contributed by atoms with Crippen LogP contribution in [0.1, 0.15) is 45.1 Å². The number of amides is 1. The van der Waals surface area contributed by atoms with Crippen LogP contribution in [0.15, 0.2) is 23.1 Å². The van der Waals surface area contributed by atoms with Crippen molar-refractivity contribution in [3.63, 3.8) is 0 Å². The van der Waals surface area contributed by atoms with Crippen LogP contribution in [-0.4, -0.2) is 54.1 Å². The summed E-state index contributed by atoms with van der Waals surface area (Å²) < 4.78 is 12.1. The summed E-state index contributed by atoms with van der Waals surface area (Å²) in [5.41, 5.74) is 2.52. The van der Waals surface area contributed by atoms with E-state index < -0.39 is 10.8 Å². The molecule has 5 nitrogen and oxygen atoms in total. The Bertz CT molecular complexity index is 705. The third-order valence-corrected chi connectivity index (χ3v) is 7.09. The smallest absolute Gasteiger partial charge is 0.223 e. The zero-order valence-electron chi connectivity index (χ0n) is 16.9. The SMILES string of the molecule is CN1CS(=O)c2cc(CCNCCCCN3CCC(C)(C)CC3=O)ccc21. The van der Waals surface area contributed by atoms with Gasteiger partial charge in [0.05, 0.1) is 27.3 Å². The van der Waals surface area contributed by atoms with Gasteiger partial charge in [-0.25, -0.2) is 0 Å². The predicted octanol–water partition coefficient (Wildman–Crippen LogP) is 2.76. The molecule has 1 saturated heterocycles. The number of carbonyl (C=O) groups excluding carboxylic acids is 1. The molecular weight excluding hydrogens is 358 g/mol. The standard InChI is InChI=1S/C21H33N3O2S/c1-21(2)9-13-24(20(25)15-21)12-5-4-10-22-11-8-17-6-7-18-19(14-17)27(26)16-23(18)3/h6-7,14,22H,4-5,8-13,15-16H2,1-3H3. The molecule has 0 aromatic heterocycles. The number of anilines is 1. The number of likely N-dealkylation sites (tertiary alicyclic amines) is 1. The van der Waals surface area contributed by atoms with Crippen LogP contribution in [0.5, 0.6) is 0 Å². The van der Waals surface area contributed by atoms with E-state index in [4.69, 9.17) is 0 Å². The van der Waals surface area contributed by atoms with Gasteiger partial charge in [0.1, 0.15) is 0 Å². The van der Waals surface area contributed by atoms with Crippen molar-refractivity contribution in [2.75, 3.05) is 44.0 Å². The number of rotatable bonds is 8. The second-order valence-electron chi connectivity index (χ2n) is 8.65. The third kappa shape index (κ3) is 5.32. The fraction of sp³-hybridized carbons (Fsp3) is 0.667. The Labute approximate surface area is 165 Å². The Morgan fingerprint density at radius 3 is 2.81 bits per heavy atom. The van der Waals surface area contributed by atoms with Gasteiger partial charge in [0.25, 0.3) is 0 Å². The van der Waals surface area contributed by atoms with Crippen LogP contribution >= 0.6 is 0 Å². The lowest BCUT2D eigenvalue weighted by molar-refractivity contribution is -0.137. The molecule has 1 fully saturated rings. The lowest BCUT2D eigenvalue weighted by atomic mass is 9.82. The third-order valence-electron chi connectivity index (χ3n) is 5.65. The molecule has 1 aromatic carbocycles. The topological polar surface area (TPSA) is 52.7 Å². The minimum Gasteiger partial charge on any atom is -0.361 e. The van der Waals surface area contributed by atoms with Crippen molar-refractivity contribution < 1.29 is 9.00 Å². The lowest BCUT2D eigenvalue weighted by Crippen LogP contribution is -2.42. The number of nitrogens with one attached hydrogen (secondary N) is 1. The van der Waals surface area contributed by atoms with E-state index in [1.807, 2.05) is 11.9 Å². The zero-order valence-corrected chi connectivity index (χ0v) is 17.7. The number of piperidine rings is 1. The minimum atomic E-state index is -0.887. The first kappa shape index (κ1) is 20.3. The Morgan fingerprint density at radius 1 is 1.22 bits per heavy atom. The van der Waals surface area contributed by atoms with Crippen LogP contribution < -0.4 is 10.2 Å². The molecule has 1 atom stereocenters. The molecule has 27 heavy (non-hydrogen) atoms. The maximum absolute atomic E-state index is 12.1. The van der Waals surface area contributed by atoms with Gasteiger partial charge in [-0.15, -0.1) is 0 Å². The fourth-order valence-corrected chi connectivity index (χ4v) is 5.22. The molecule has 6 heteroatoms. The summed E-state index contributed by atoms with van der Waals surface area (Å²) in [4.78, 5) is 17.2. The highest BCUT2D eigenvalue weighted by Gasteiger charge is 2.30. The predicted molar refractivity (Wildman–Crippen MR) is 112 cm³/mol. The summed E-state index contributed by atoms with van der Waals surface area (Å²) >= 11 is 0. The Morgan fingerprint density at radius 2 is 2.04 bits per heavy atom. The first-order valence-corrected chi connectivity index (χ1v) is 11.4. The van der Waals surface area contributed by atoms with Crippen LogP contribution in [-0.2, 0) is 22.0 Å². The molecule has 0 bridgehead atoms. The average molecular weight is 392 g/mol. The highest BCUT2D eigenvalue weighted by atomic mass is 32.2. The lowest BCUT2D eigenvalue weighted by Gasteiger charge is -2.36. The molecule has 2 heterocycles. The van der Waals surface area contributed by atoms with E-state index in [-0.39, 0.29) is 5.41 Å². The monoisotopic (exact) mass is 391 g/mol. The number of unbranched alkanes of at least 4 members (excludes halogenated alkanes) is 1. The number of hydrogen-bond acceptors (Lipinski definition) is 4. The number of benzene rings is 1. The van der Waals surface area contributed by atoms with Gasteiger partial charge in [-0.3, -0.25) is 9.00 Å². The molecule has 0 saturated carbocycles. The molecule has 150 valence electrons. The molecular formula is C21H33N3O2S. The van der Waals surface area contributed by atoms with E-state index in [9.17, 15) is 9.00 Å². The quantitative estimate of drug-likeness (QED) is 0.693. The van der Waals surface area contributed by atoms with Crippen LogP contribution in [0.3, 0.4) is 0 Å². The van der Waals surface area contributed by atoms with Gasteiger partial charge in [-0.05, 0) is 61.9 Å². The minimum absolute atomic E-state index is 0.175. The second-order valence-corrected chi connectivity index (χ2v) is 10.0. The summed E-state index contributed by atoms with van der Waals surface area (Å²) in [6.45, 7) is 8.08. The maximum atomic E-state index is 12.1. The van der Waals surface area contributed by atoms with Crippen molar-refractivity contribution in [2.45, 2.75) is 50.8 Å². The Hall–Kier alpha value is -1.40. The van der Waals surface area contributed by atoms with E-state index in [0.29, 0.717) is 18.2 Å². The van der Waals surface area contributed by atoms with E-state index in [0.717, 1.165) is 62.4 Å². The molecule has 3 rings (SSSR count). The Kier molecular flexibility index (Phi) is 6.58. The van der Waals surface area contributed by atoms with Gasteiger partial charge in [-0.1, -0.05) is 19.9 Å². The normalized spacial score (nSPS) is 21.6. The van der Waals surface area contributed by atoms with E-state index in [1.165, 1.54) is 5.56 Å². The maximum Gasteiger partial charge on any atom is 0.223 e. The molecule has 0 aliphatic carbocycles. The molecule has 1 aromatic rings. The highest BCUT2D eigenvalue weighted by molar-refractivity contribution is 7.85. The van der Waals surface area contributed by atoms with Crippen molar-refractivity contribution in [2.24, 2.45) is 5.41 Å². The van der Waals surface area contributed by atoms with Crippen LogP contribution in [0.2, 0.25) is 0 Å². The summed E-state index contributed by atoms with van der Waals surface area (Å²) in [6, 6.07) is 6.33. The first-order chi connectivity index (χ1) is 12.9. The van der Waals surface area contributed by atoms with E-state index in [2.05, 4.69) is 42.3 Å². The van der Waals surface area contributed by atoms with E-state index in [1.54, 1.807) is 0 Å². The van der Waals surface area contributed by atoms with Crippen LogP contribution in [0.4, 0.5) is 5.69 Å². The Balaban J connectivity index is 1.30. The van der Waals surface area contributed by atoms with Crippen molar-refractivity contribution in [3.8, 4) is 0 Å². The van der Waals surface area contributed by atoms with Gasteiger partial charge in [-0.2, -0.15) is 0 Å². The van der Waals surface area contributed by atoms with Crippen molar-refractivity contribution >= 4 is 22.4 Å². The first-order valence-electron chi connectivity index (χ1n) is 10.1. The molecule has 2 aliphatic heterocycles. The molecule has 1 unspecified atom stereocenters. The second kappa shape index (κ2) is 8.74. The molecule has 1 N–H and O–H groups in total. The zero-order chi connectivity index (χ0) is 19.4. The average Bonchev–Trinajstić information content (AvgIpc) is 2.89. The number of nitrogens with zero attached hydrogens (tertiary/aromatic N) is 2. The van der Waals surface area contributed by atoms with Gasteiger partial charge in [0.15, 0.2) is 0 Å². The molecule has 0 spiro atoms. The summed E-state index contributed by atoms with van der Waals surface area (Å²) in [7, 11) is 1.10. The number of carbonyl (C=O) groups is 1. The number of hydrogen-bond donors (Lipinski definition) is 1. The van der Waals surface area contributed by atoms with E-state index >= 15 is 0 Å².